The summed E-state index contributed by atoms with van der Waals surface area (Å²) >= 11 is 0. The SMILES string of the molecule is COc1ccc(C(=O)Oc2ccc3cc(C(=O)NC(C)C)c(=O)oc3c2)cc1OC. The molecule has 0 aliphatic heterocycles. The number of carbonyl (C=O) groups excluding carboxylic acids is 2. The number of nitrogens with one attached hydrogen (secondary N) is 1. The number of carbonyl (C=O) groups is 2. The number of methoxy groups -OCH3 is 2. The van der Waals surface area contributed by atoms with Crippen LogP contribution in [-0.4, -0.2) is 32.1 Å². The summed E-state index contributed by atoms with van der Waals surface area (Å²) in [5.74, 6) is -0.0671. The smallest absolute Gasteiger partial charge is 0.349 e. The van der Waals surface area contributed by atoms with Crippen molar-refractivity contribution >= 4 is 22.8 Å². The number of hydrogen-bond acceptors (Lipinski definition) is 7. The lowest BCUT2D eigenvalue weighted by Gasteiger charge is -2.10. The fourth-order valence-electron chi connectivity index (χ4n) is 2.78. The molecule has 0 radical (unpaired) electrons. The van der Waals surface area contributed by atoms with E-state index in [2.05, 4.69) is 5.32 Å². The fraction of sp³-hybridized carbons (Fsp3) is 0.227. The third-order valence-corrected chi connectivity index (χ3v) is 4.20. The topological polar surface area (TPSA) is 104 Å². The molecule has 3 rings (SSSR count). The Morgan fingerprint density at radius 2 is 1.70 bits per heavy atom. The molecule has 0 spiro atoms. The van der Waals surface area contributed by atoms with Crippen molar-refractivity contribution in [3.05, 3.63) is 64.0 Å². The molecule has 0 atom stereocenters. The maximum atomic E-state index is 12.5. The summed E-state index contributed by atoms with van der Waals surface area (Å²) in [6.45, 7) is 3.58. The Balaban J connectivity index is 1.86. The molecule has 2 aromatic carbocycles. The fourth-order valence-corrected chi connectivity index (χ4v) is 2.78. The quantitative estimate of drug-likeness (QED) is 0.377. The van der Waals surface area contributed by atoms with E-state index >= 15 is 0 Å². The van der Waals surface area contributed by atoms with Gasteiger partial charge in [0.25, 0.3) is 5.91 Å². The van der Waals surface area contributed by atoms with Gasteiger partial charge in [-0.15, -0.1) is 0 Å². The number of ether oxygens (including phenoxy) is 3. The number of benzene rings is 2. The summed E-state index contributed by atoms with van der Waals surface area (Å²) in [5, 5.41) is 3.17. The molecule has 1 N–H and O–H groups in total. The van der Waals surface area contributed by atoms with Gasteiger partial charge in [-0.25, -0.2) is 9.59 Å². The lowest BCUT2D eigenvalue weighted by atomic mass is 10.1. The molecule has 0 saturated carbocycles. The van der Waals surface area contributed by atoms with Crippen LogP contribution in [-0.2, 0) is 0 Å². The van der Waals surface area contributed by atoms with E-state index in [0.29, 0.717) is 16.9 Å². The van der Waals surface area contributed by atoms with Gasteiger partial charge in [-0.3, -0.25) is 4.79 Å². The summed E-state index contributed by atoms with van der Waals surface area (Å²) in [7, 11) is 2.96. The van der Waals surface area contributed by atoms with Crippen LogP contribution in [0.3, 0.4) is 0 Å². The summed E-state index contributed by atoms with van der Waals surface area (Å²) in [4.78, 5) is 36.8. The van der Waals surface area contributed by atoms with Gasteiger partial charge in [0.2, 0.25) is 0 Å². The van der Waals surface area contributed by atoms with E-state index in [1.165, 1.54) is 32.4 Å². The van der Waals surface area contributed by atoms with Crippen molar-refractivity contribution < 1.29 is 28.2 Å². The van der Waals surface area contributed by atoms with Crippen LogP contribution in [0.5, 0.6) is 17.2 Å². The Bertz CT molecular complexity index is 1160. The molecule has 0 saturated heterocycles. The molecule has 0 aliphatic rings. The van der Waals surface area contributed by atoms with Gasteiger partial charge >= 0.3 is 11.6 Å². The van der Waals surface area contributed by atoms with Gasteiger partial charge in [-0.1, -0.05) is 0 Å². The lowest BCUT2D eigenvalue weighted by molar-refractivity contribution is 0.0734. The van der Waals surface area contributed by atoms with Gasteiger partial charge in [0, 0.05) is 17.5 Å². The van der Waals surface area contributed by atoms with Crippen molar-refractivity contribution in [2.75, 3.05) is 14.2 Å². The average Bonchev–Trinajstić information content (AvgIpc) is 2.71. The first-order valence-corrected chi connectivity index (χ1v) is 9.15. The molecule has 0 bridgehead atoms. The number of fused-ring (bicyclic) bond motifs is 1. The molecule has 8 heteroatoms. The molecule has 1 heterocycles. The highest BCUT2D eigenvalue weighted by Crippen LogP contribution is 2.28. The van der Waals surface area contributed by atoms with E-state index in [1.54, 1.807) is 38.1 Å². The van der Waals surface area contributed by atoms with E-state index in [9.17, 15) is 14.4 Å². The first-order valence-electron chi connectivity index (χ1n) is 9.15. The summed E-state index contributed by atoms with van der Waals surface area (Å²) in [5.41, 5.74) is -0.413. The van der Waals surface area contributed by atoms with Crippen LogP contribution in [0, 0.1) is 0 Å². The Hall–Kier alpha value is -3.81. The van der Waals surface area contributed by atoms with Gasteiger partial charge in [-0.05, 0) is 50.2 Å². The molecule has 156 valence electrons. The van der Waals surface area contributed by atoms with Crippen LogP contribution in [0.25, 0.3) is 11.0 Å². The molecular weight excluding hydrogens is 390 g/mol. The maximum Gasteiger partial charge on any atom is 0.349 e. The Morgan fingerprint density at radius 3 is 2.37 bits per heavy atom. The molecule has 0 aliphatic carbocycles. The molecule has 1 aromatic heterocycles. The normalized spacial score (nSPS) is 10.7. The highest BCUT2D eigenvalue weighted by Gasteiger charge is 2.16. The van der Waals surface area contributed by atoms with Gasteiger partial charge in [-0.2, -0.15) is 0 Å². The van der Waals surface area contributed by atoms with E-state index in [-0.39, 0.29) is 28.5 Å². The minimum Gasteiger partial charge on any atom is -0.493 e. The van der Waals surface area contributed by atoms with E-state index < -0.39 is 17.5 Å². The number of hydrogen-bond donors (Lipinski definition) is 1. The Morgan fingerprint density at radius 1 is 0.967 bits per heavy atom. The molecule has 30 heavy (non-hydrogen) atoms. The summed E-state index contributed by atoms with van der Waals surface area (Å²) in [6.07, 6.45) is 0. The molecular formula is C22H21NO7. The van der Waals surface area contributed by atoms with Crippen molar-refractivity contribution in [1.29, 1.82) is 0 Å². The monoisotopic (exact) mass is 411 g/mol. The van der Waals surface area contributed by atoms with Gasteiger partial charge in [0.1, 0.15) is 16.9 Å². The zero-order chi connectivity index (χ0) is 21.8. The summed E-state index contributed by atoms with van der Waals surface area (Å²) < 4.78 is 21.0. The average molecular weight is 411 g/mol. The van der Waals surface area contributed by atoms with Crippen LogP contribution in [0.1, 0.15) is 34.6 Å². The van der Waals surface area contributed by atoms with E-state index in [1.807, 2.05) is 0 Å². The van der Waals surface area contributed by atoms with Crippen LogP contribution in [0.15, 0.2) is 51.7 Å². The zero-order valence-electron chi connectivity index (χ0n) is 17.0. The first kappa shape index (κ1) is 20.9. The zero-order valence-corrected chi connectivity index (χ0v) is 17.0. The number of esters is 1. The third-order valence-electron chi connectivity index (χ3n) is 4.20. The highest BCUT2D eigenvalue weighted by molar-refractivity contribution is 5.97. The van der Waals surface area contributed by atoms with Gasteiger partial charge in [0.05, 0.1) is 19.8 Å². The second-order valence-corrected chi connectivity index (χ2v) is 6.73. The second-order valence-electron chi connectivity index (χ2n) is 6.73. The van der Waals surface area contributed by atoms with Gasteiger partial charge in [0.15, 0.2) is 11.5 Å². The van der Waals surface area contributed by atoms with Crippen LogP contribution >= 0.6 is 0 Å². The van der Waals surface area contributed by atoms with Crippen molar-refractivity contribution in [1.82, 2.24) is 5.32 Å². The van der Waals surface area contributed by atoms with E-state index in [4.69, 9.17) is 18.6 Å². The molecule has 0 unspecified atom stereocenters. The second kappa shape index (κ2) is 8.69. The highest BCUT2D eigenvalue weighted by atomic mass is 16.5. The minimum atomic E-state index is -0.774. The number of rotatable bonds is 6. The van der Waals surface area contributed by atoms with Crippen molar-refractivity contribution in [2.24, 2.45) is 0 Å². The molecule has 8 nitrogen and oxygen atoms in total. The van der Waals surface area contributed by atoms with Gasteiger partial charge < -0.3 is 23.9 Å². The molecule has 3 aromatic rings. The predicted molar refractivity (Wildman–Crippen MR) is 110 cm³/mol. The van der Waals surface area contributed by atoms with Crippen LogP contribution in [0.4, 0.5) is 0 Å². The summed E-state index contributed by atoms with van der Waals surface area (Å²) in [6, 6.07) is 10.5. The molecule has 0 fully saturated rings. The van der Waals surface area contributed by atoms with E-state index in [0.717, 1.165) is 0 Å². The van der Waals surface area contributed by atoms with Crippen molar-refractivity contribution in [3.63, 3.8) is 0 Å². The van der Waals surface area contributed by atoms with Crippen molar-refractivity contribution in [2.45, 2.75) is 19.9 Å². The lowest BCUT2D eigenvalue weighted by Crippen LogP contribution is -2.33. The third kappa shape index (κ3) is 4.43. The maximum absolute atomic E-state index is 12.5. The largest absolute Gasteiger partial charge is 0.493 e. The van der Waals surface area contributed by atoms with Crippen molar-refractivity contribution in [3.8, 4) is 17.2 Å². The van der Waals surface area contributed by atoms with Crippen LogP contribution < -0.4 is 25.2 Å². The number of amides is 1. The Labute approximate surface area is 172 Å². The Kier molecular flexibility index (Phi) is 6.06. The van der Waals surface area contributed by atoms with Crippen LogP contribution in [0.2, 0.25) is 0 Å². The molecule has 1 amide bonds. The predicted octanol–water partition coefficient (Wildman–Crippen LogP) is 3.17. The standard InChI is InChI=1S/C22H21NO7/c1-12(2)23-20(24)16-9-13-5-7-15(11-18(13)30-22(16)26)29-21(25)14-6-8-17(27-3)19(10-14)28-4/h5-12H,1-4H3,(H,23,24). The minimum absolute atomic E-state index is 0.0914. The first-order chi connectivity index (χ1) is 14.3.